The Labute approximate surface area is 142 Å². The molecule has 0 spiro atoms. The summed E-state index contributed by atoms with van der Waals surface area (Å²) in [6.45, 7) is 5.48. The predicted molar refractivity (Wildman–Crippen MR) is 89.9 cm³/mol. The van der Waals surface area contributed by atoms with Crippen LogP contribution in [0.25, 0.3) is 11.0 Å². The minimum atomic E-state index is 0.0599. The highest BCUT2D eigenvalue weighted by atomic mass is 79.9. The van der Waals surface area contributed by atoms with Gasteiger partial charge in [-0.25, -0.2) is 4.98 Å². The fourth-order valence-electron chi connectivity index (χ4n) is 2.98. The number of rotatable bonds is 2. The van der Waals surface area contributed by atoms with E-state index in [1.54, 1.807) is 6.20 Å². The number of likely N-dealkylation sites (tertiary alicyclic amines) is 1. The molecule has 1 fully saturated rings. The second kappa shape index (κ2) is 6.16. The van der Waals surface area contributed by atoms with E-state index in [4.69, 9.17) is 11.6 Å². The van der Waals surface area contributed by atoms with Gasteiger partial charge in [0.2, 0.25) is 11.2 Å². The zero-order valence-electron chi connectivity index (χ0n) is 12.6. The molecule has 5 nitrogen and oxygen atoms in total. The van der Waals surface area contributed by atoms with Crippen molar-refractivity contribution in [3.05, 3.63) is 22.1 Å². The number of halogens is 2. The Morgan fingerprint density at radius 3 is 2.73 bits per heavy atom. The number of carbonyl (C=O) groups is 1. The van der Waals surface area contributed by atoms with Crippen molar-refractivity contribution in [3.63, 3.8) is 0 Å². The predicted octanol–water partition coefficient (Wildman–Crippen LogP) is 3.67. The van der Waals surface area contributed by atoms with Crippen LogP contribution >= 0.6 is 27.5 Å². The Morgan fingerprint density at radius 1 is 1.41 bits per heavy atom. The third-order valence-electron chi connectivity index (χ3n) is 4.16. The largest absolute Gasteiger partial charge is 0.342 e. The van der Waals surface area contributed by atoms with Crippen molar-refractivity contribution in [1.29, 1.82) is 0 Å². The van der Waals surface area contributed by atoms with Crippen LogP contribution < -0.4 is 0 Å². The molecule has 0 bridgehead atoms. The summed E-state index contributed by atoms with van der Waals surface area (Å²) in [6.07, 6.45) is 5.63. The lowest BCUT2D eigenvalue weighted by Gasteiger charge is -2.33. The number of piperidine rings is 1. The van der Waals surface area contributed by atoms with Gasteiger partial charge in [0.15, 0.2) is 0 Å². The lowest BCUT2D eigenvalue weighted by molar-refractivity contribution is -0.135. The molecule has 0 aromatic carbocycles. The average molecular weight is 386 g/mol. The zero-order chi connectivity index (χ0) is 15.9. The molecule has 0 radical (unpaired) electrons. The van der Waals surface area contributed by atoms with Gasteiger partial charge in [0.1, 0.15) is 5.65 Å². The first kappa shape index (κ1) is 15.7. The topological polar surface area (TPSA) is 51.0 Å². The lowest BCUT2D eigenvalue weighted by atomic mass is 10.0. The molecule has 7 heteroatoms. The van der Waals surface area contributed by atoms with E-state index in [1.165, 1.54) is 0 Å². The SMILES string of the molecule is CC(C)C(=O)N1CCC(n2cc(Br)c3cnc(Cl)nc32)CC1. The smallest absolute Gasteiger partial charge is 0.225 e. The number of carbonyl (C=O) groups excluding carboxylic acids is 1. The van der Waals surface area contributed by atoms with E-state index in [0.29, 0.717) is 6.04 Å². The van der Waals surface area contributed by atoms with E-state index >= 15 is 0 Å². The van der Waals surface area contributed by atoms with Crippen LogP contribution in [0.1, 0.15) is 32.7 Å². The van der Waals surface area contributed by atoms with Crippen LogP contribution in [0, 0.1) is 5.92 Å². The van der Waals surface area contributed by atoms with E-state index in [0.717, 1.165) is 41.4 Å². The molecule has 0 aliphatic carbocycles. The summed E-state index contributed by atoms with van der Waals surface area (Å²) in [7, 11) is 0. The van der Waals surface area contributed by atoms with Gasteiger partial charge in [-0.3, -0.25) is 4.79 Å². The van der Waals surface area contributed by atoms with Crippen molar-refractivity contribution in [3.8, 4) is 0 Å². The summed E-state index contributed by atoms with van der Waals surface area (Å²) >= 11 is 9.49. The molecule has 22 heavy (non-hydrogen) atoms. The van der Waals surface area contributed by atoms with Gasteiger partial charge in [0.05, 0.1) is 5.39 Å². The van der Waals surface area contributed by atoms with E-state index in [-0.39, 0.29) is 17.1 Å². The molecule has 2 aromatic rings. The van der Waals surface area contributed by atoms with E-state index in [9.17, 15) is 4.79 Å². The Kier molecular flexibility index (Phi) is 4.41. The summed E-state index contributed by atoms with van der Waals surface area (Å²) in [5.74, 6) is 0.298. The van der Waals surface area contributed by atoms with Crippen molar-refractivity contribution in [2.45, 2.75) is 32.7 Å². The van der Waals surface area contributed by atoms with E-state index < -0.39 is 0 Å². The molecule has 0 unspecified atom stereocenters. The molecule has 0 saturated carbocycles. The van der Waals surface area contributed by atoms with Gasteiger partial charge in [0.25, 0.3) is 0 Å². The first-order chi connectivity index (χ1) is 10.5. The monoisotopic (exact) mass is 384 g/mol. The molecule has 1 saturated heterocycles. The van der Waals surface area contributed by atoms with Gasteiger partial charge >= 0.3 is 0 Å². The third kappa shape index (κ3) is 2.86. The van der Waals surface area contributed by atoms with Crippen LogP contribution in [0.4, 0.5) is 0 Å². The van der Waals surface area contributed by atoms with Gasteiger partial charge < -0.3 is 9.47 Å². The van der Waals surface area contributed by atoms with Crippen molar-refractivity contribution >= 4 is 44.5 Å². The summed E-state index contributed by atoms with van der Waals surface area (Å²) in [6, 6.07) is 0.330. The van der Waals surface area contributed by atoms with E-state index in [1.807, 2.05) is 24.9 Å². The number of fused-ring (bicyclic) bond motifs is 1. The summed E-state index contributed by atoms with van der Waals surface area (Å²) in [5, 5.41) is 1.22. The van der Waals surface area contributed by atoms with Gasteiger partial charge in [-0.2, -0.15) is 4.98 Å². The van der Waals surface area contributed by atoms with Gasteiger partial charge in [-0.15, -0.1) is 0 Å². The Morgan fingerprint density at radius 2 is 2.09 bits per heavy atom. The number of amides is 1. The standard InChI is InChI=1S/C15H18BrClN4O/c1-9(2)14(22)20-5-3-10(4-6-20)21-8-12(16)11-7-18-15(17)19-13(11)21/h7-10H,3-6H2,1-2H3. The molecule has 118 valence electrons. The molecule has 3 rings (SSSR count). The maximum atomic E-state index is 12.1. The maximum Gasteiger partial charge on any atom is 0.225 e. The highest BCUT2D eigenvalue weighted by Gasteiger charge is 2.26. The molecule has 1 aliphatic heterocycles. The second-order valence-corrected chi connectivity index (χ2v) is 7.16. The Balaban J connectivity index is 1.82. The Hall–Kier alpha value is -1.14. The number of nitrogens with zero attached hydrogens (tertiary/aromatic N) is 4. The number of aromatic nitrogens is 3. The van der Waals surface area contributed by atoms with Crippen LogP contribution in [0.15, 0.2) is 16.9 Å². The summed E-state index contributed by atoms with van der Waals surface area (Å²) in [5.41, 5.74) is 0.848. The normalized spacial score (nSPS) is 16.7. The molecule has 3 heterocycles. The highest BCUT2D eigenvalue weighted by molar-refractivity contribution is 9.10. The average Bonchev–Trinajstić information content (AvgIpc) is 2.83. The van der Waals surface area contributed by atoms with Gasteiger partial charge in [-0.1, -0.05) is 13.8 Å². The molecule has 1 amide bonds. The molecular formula is C15H18BrClN4O. The zero-order valence-corrected chi connectivity index (χ0v) is 14.9. The van der Waals surface area contributed by atoms with Crippen LogP contribution in [-0.2, 0) is 4.79 Å². The van der Waals surface area contributed by atoms with Crippen molar-refractivity contribution in [1.82, 2.24) is 19.4 Å². The maximum absolute atomic E-state index is 12.1. The minimum Gasteiger partial charge on any atom is -0.342 e. The Bertz CT molecular complexity index is 707. The molecule has 2 aromatic heterocycles. The number of hydrogen-bond donors (Lipinski definition) is 0. The van der Waals surface area contributed by atoms with Gasteiger partial charge in [-0.05, 0) is 40.4 Å². The lowest BCUT2D eigenvalue weighted by Crippen LogP contribution is -2.41. The fourth-order valence-corrected chi connectivity index (χ4v) is 3.61. The molecule has 1 aliphatic rings. The molecule has 0 N–H and O–H groups in total. The van der Waals surface area contributed by atoms with Crippen molar-refractivity contribution in [2.24, 2.45) is 5.92 Å². The van der Waals surface area contributed by atoms with Crippen LogP contribution in [0.2, 0.25) is 5.28 Å². The third-order valence-corrected chi connectivity index (χ3v) is 4.97. The fraction of sp³-hybridized carbons (Fsp3) is 0.533. The second-order valence-electron chi connectivity index (χ2n) is 5.97. The summed E-state index contributed by atoms with van der Waals surface area (Å²) < 4.78 is 3.13. The van der Waals surface area contributed by atoms with Crippen LogP contribution in [-0.4, -0.2) is 38.4 Å². The summed E-state index contributed by atoms with van der Waals surface area (Å²) in [4.78, 5) is 22.4. The first-order valence-electron chi connectivity index (χ1n) is 7.44. The first-order valence-corrected chi connectivity index (χ1v) is 8.62. The van der Waals surface area contributed by atoms with Crippen LogP contribution in [0.3, 0.4) is 0 Å². The quantitative estimate of drug-likeness (QED) is 0.741. The molecular weight excluding hydrogens is 368 g/mol. The van der Waals surface area contributed by atoms with Crippen molar-refractivity contribution < 1.29 is 4.79 Å². The van der Waals surface area contributed by atoms with E-state index in [2.05, 4.69) is 30.5 Å². The van der Waals surface area contributed by atoms with Crippen molar-refractivity contribution in [2.75, 3.05) is 13.1 Å². The number of hydrogen-bond acceptors (Lipinski definition) is 3. The highest BCUT2D eigenvalue weighted by Crippen LogP contribution is 2.32. The van der Waals surface area contributed by atoms with Crippen LogP contribution in [0.5, 0.6) is 0 Å². The minimum absolute atomic E-state index is 0.0599. The molecule has 0 atom stereocenters. The van der Waals surface area contributed by atoms with Gasteiger partial charge in [0, 0.05) is 41.9 Å².